The van der Waals surface area contributed by atoms with Crippen LogP contribution in [-0.2, 0) is 16.0 Å². The van der Waals surface area contributed by atoms with Gasteiger partial charge in [0.25, 0.3) is 0 Å². The number of carbonyl (C=O) groups excluding carboxylic acids is 2. The molecule has 1 fully saturated rings. The van der Waals surface area contributed by atoms with Gasteiger partial charge in [-0.25, -0.2) is 14.0 Å². The summed E-state index contributed by atoms with van der Waals surface area (Å²) in [5.74, 6) is -2.38. The number of hydrogen-bond acceptors (Lipinski definition) is 7. The number of aromatic nitrogens is 1. The van der Waals surface area contributed by atoms with E-state index in [1.165, 1.54) is 6.20 Å². The number of alkyl carbamates (subject to hydrolysis) is 1. The maximum atomic E-state index is 15.5. The van der Waals surface area contributed by atoms with Crippen molar-refractivity contribution >= 4 is 34.6 Å². The number of carbonyl (C=O) groups is 3. The van der Waals surface area contributed by atoms with Gasteiger partial charge in [-0.15, -0.1) is 0 Å². The first-order valence-corrected chi connectivity index (χ1v) is 12.1. The van der Waals surface area contributed by atoms with Crippen molar-refractivity contribution in [1.29, 1.82) is 0 Å². The summed E-state index contributed by atoms with van der Waals surface area (Å²) in [5.41, 5.74) is -0.350. The Hall–Kier alpha value is -3.83. The van der Waals surface area contributed by atoms with Gasteiger partial charge >= 0.3 is 12.1 Å². The second-order valence-electron chi connectivity index (χ2n) is 10.6. The third kappa shape index (κ3) is 5.18. The predicted octanol–water partition coefficient (Wildman–Crippen LogP) is 1.43. The Labute approximate surface area is 213 Å². The molecule has 2 aromatic rings. The van der Waals surface area contributed by atoms with Gasteiger partial charge in [-0.1, -0.05) is 6.92 Å². The molecular weight excluding hydrogens is 485 g/mol. The first-order valence-electron chi connectivity index (χ1n) is 12.1. The number of carboxylic acid groups (broad SMARTS) is 1. The molecule has 0 bridgehead atoms. The van der Waals surface area contributed by atoms with Crippen LogP contribution >= 0.6 is 0 Å². The van der Waals surface area contributed by atoms with Gasteiger partial charge in [0.1, 0.15) is 23.5 Å². The molecule has 200 valence electrons. The fourth-order valence-electron chi connectivity index (χ4n) is 4.95. The summed E-state index contributed by atoms with van der Waals surface area (Å²) in [5, 5.41) is 16.6. The van der Waals surface area contributed by atoms with Gasteiger partial charge in [-0.2, -0.15) is 0 Å². The second kappa shape index (κ2) is 9.56. The molecule has 12 heteroatoms. The Morgan fingerprint density at radius 3 is 2.59 bits per heavy atom. The van der Waals surface area contributed by atoms with Gasteiger partial charge in [-0.3, -0.25) is 14.3 Å². The van der Waals surface area contributed by atoms with E-state index in [1.54, 1.807) is 37.5 Å². The van der Waals surface area contributed by atoms with Gasteiger partial charge < -0.3 is 30.4 Å². The molecule has 0 saturated carbocycles. The van der Waals surface area contributed by atoms with Crippen LogP contribution in [-0.4, -0.2) is 72.6 Å². The van der Waals surface area contributed by atoms with Crippen LogP contribution in [0.2, 0.25) is 0 Å². The highest BCUT2D eigenvalue weighted by atomic mass is 19.1. The Balaban J connectivity index is 1.58. The number of halogens is 1. The zero-order valence-electron chi connectivity index (χ0n) is 21.6. The van der Waals surface area contributed by atoms with E-state index in [1.807, 2.05) is 11.8 Å². The minimum absolute atomic E-state index is 0.0179. The van der Waals surface area contributed by atoms with Gasteiger partial charge in [0.05, 0.1) is 22.6 Å². The Kier molecular flexibility index (Phi) is 6.78. The quantitative estimate of drug-likeness (QED) is 0.543. The van der Waals surface area contributed by atoms with E-state index in [4.69, 9.17) is 4.74 Å². The molecule has 1 aromatic heterocycles. The molecule has 2 atom stereocenters. The lowest BCUT2D eigenvalue weighted by Crippen LogP contribution is -2.45. The van der Waals surface area contributed by atoms with Crippen LogP contribution in [0.5, 0.6) is 0 Å². The highest BCUT2D eigenvalue weighted by molar-refractivity contribution is 5.96. The van der Waals surface area contributed by atoms with E-state index in [0.717, 1.165) is 6.07 Å². The van der Waals surface area contributed by atoms with E-state index in [0.29, 0.717) is 42.8 Å². The van der Waals surface area contributed by atoms with Crippen molar-refractivity contribution < 1.29 is 28.6 Å². The molecule has 37 heavy (non-hydrogen) atoms. The maximum absolute atomic E-state index is 15.5. The normalized spacial score (nSPS) is 19.2. The number of hydrogen-bond donors (Lipinski definition) is 3. The smallest absolute Gasteiger partial charge is 0.408 e. The Morgan fingerprint density at radius 1 is 1.24 bits per heavy atom. The van der Waals surface area contributed by atoms with Crippen LogP contribution in [0.4, 0.5) is 14.9 Å². The summed E-state index contributed by atoms with van der Waals surface area (Å²) in [6.45, 7) is 8.17. The molecule has 0 aliphatic carbocycles. The van der Waals surface area contributed by atoms with Crippen molar-refractivity contribution in [2.45, 2.75) is 45.8 Å². The summed E-state index contributed by atoms with van der Waals surface area (Å²) in [6.07, 6.45) is 1.06. The predicted molar refractivity (Wildman–Crippen MR) is 135 cm³/mol. The fourth-order valence-corrected chi connectivity index (χ4v) is 4.95. The lowest BCUT2D eigenvalue weighted by molar-refractivity contribution is -0.121. The number of amides is 2. The fraction of sp³-hybridized carbons (Fsp3) is 0.520. The highest BCUT2D eigenvalue weighted by Crippen LogP contribution is 2.36. The van der Waals surface area contributed by atoms with Crippen molar-refractivity contribution in [2.75, 3.05) is 43.1 Å². The summed E-state index contributed by atoms with van der Waals surface area (Å²) in [7, 11) is 1.77. The summed E-state index contributed by atoms with van der Waals surface area (Å²) in [6, 6.07) is 0.818. The van der Waals surface area contributed by atoms with E-state index in [9.17, 15) is 24.3 Å². The number of ether oxygens (including phenoxy) is 1. The van der Waals surface area contributed by atoms with Crippen LogP contribution in [0, 0.1) is 11.7 Å². The topological polar surface area (TPSA) is 133 Å². The number of pyridine rings is 1. The SMILES string of the molecule is C[C@@H]1CN(c2c(F)cc3c(=O)c(C(=O)O)cn4c3c2CCN4C)C[C@@H]1NC(=O)CNC(=O)OC(C)(C)C. The van der Waals surface area contributed by atoms with Gasteiger partial charge in [0.2, 0.25) is 11.3 Å². The summed E-state index contributed by atoms with van der Waals surface area (Å²) >= 11 is 0. The van der Waals surface area contributed by atoms with Crippen molar-refractivity contribution in [3.8, 4) is 0 Å². The molecule has 1 saturated heterocycles. The molecule has 2 aliphatic rings. The van der Waals surface area contributed by atoms with E-state index < -0.39 is 34.5 Å². The maximum Gasteiger partial charge on any atom is 0.408 e. The molecule has 2 aliphatic heterocycles. The Bertz CT molecular complexity index is 1330. The third-order valence-corrected chi connectivity index (χ3v) is 6.64. The minimum Gasteiger partial charge on any atom is -0.477 e. The molecular formula is C25H32FN5O6. The van der Waals surface area contributed by atoms with Crippen LogP contribution in [0.25, 0.3) is 10.9 Å². The van der Waals surface area contributed by atoms with E-state index in [-0.39, 0.29) is 29.8 Å². The molecule has 0 spiro atoms. The van der Waals surface area contributed by atoms with Gasteiger partial charge in [0.15, 0.2) is 0 Å². The molecule has 0 unspecified atom stereocenters. The molecule has 3 heterocycles. The molecule has 0 radical (unpaired) electrons. The minimum atomic E-state index is -1.37. The Morgan fingerprint density at radius 2 is 1.95 bits per heavy atom. The molecule has 3 N–H and O–H groups in total. The van der Waals surface area contributed by atoms with Crippen LogP contribution in [0.15, 0.2) is 17.1 Å². The molecule has 11 nitrogen and oxygen atoms in total. The standard InChI is InChI=1S/C25H32FN5O6/c1-13-10-30(12-18(13)28-19(32)9-27-24(36)37-25(2,3)4)21-14-6-7-29(5)31-11-16(23(34)35)22(33)15(20(14)31)8-17(21)26/h8,11,13,18H,6-7,9-10,12H2,1-5H3,(H,27,36)(H,28,32)(H,34,35)/t13-,18+/m1/s1. The number of nitrogens with zero attached hydrogens (tertiary/aromatic N) is 3. The van der Waals surface area contributed by atoms with Crippen molar-refractivity contribution in [3.63, 3.8) is 0 Å². The largest absolute Gasteiger partial charge is 0.477 e. The number of aromatic carboxylic acids is 1. The number of carboxylic acids is 1. The first kappa shape index (κ1) is 26.2. The summed E-state index contributed by atoms with van der Waals surface area (Å²) < 4.78 is 22.3. The molecule has 4 rings (SSSR count). The lowest BCUT2D eigenvalue weighted by Gasteiger charge is -2.33. The van der Waals surface area contributed by atoms with Gasteiger partial charge in [-0.05, 0) is 39.2 Å². The highest BCUT2D eigenvalue weighted by Gasteiger charge is 2.35. The zero-order valence-corrected chi connectivity index (χ0v) is 21.6. The van der Waals surface area contributed by atoms with Crippen molar-refractivity contribution in [1.82, 2.24) is 15.3 Å². The van der Waals surface area contributed by atoms with E-state index >= 15 is 4.39 Å². The number of anilines is 1. The van der Waals surface area contributed by atoms with Crippen LogP contribution < -0.4 is 26.0 Å². The number of benzene rings is 1. The average molecular weight is 518 g/mol. The average Bonchev–Trinajstić information content (AvgIpc) is 3.13. The summed E-state index contributed by atoms with van der Waals surface area (Å²) in [4.78, 5) is 50.6. The molecule has 2 amide bonds. The zero-order chi connectivity index (χ0) is 27.2. The van der Waals surface area contributed by atoms with Crippen LogP contribution in [0.1, 0.15) is 43.6 Å². The van der Waals surface area contributed by atoms with Gasteiger partial charge in [0, 0.05) is 38.4 Å². The lowest BCUT2D eigenvalue weighted by atomic mass is 9.99. The monoisotopic (exact) mass is 517 g/mol. The molecule has 1 aromatic carbocycles. The number of rotatable bonds is 5. The first-order chi connectivity index (χ1) is 17.3. The number of nitrogens with one attached hydrogen (secondary N) is 2. The second-order valence-corrected chi connectivity index (χ2v) is 10.6. The number of likely N-dealkylation sites (N-methyl/N-ethyl adjacent to an activating group) is 1. The van der Waals surface area contributed by atoms with Crippen molar-refractivity contribution in [3.05, 3.63) is 39.4 Å². The third-order valence-electron chi connectivity index (χ3n) is 6.64. The van der Waals surface area contributed by atoms with Crippen molar-refractivity contribution in [2.24, 2.45) is 5.92 Å². The van der Waals surface area contributed by atoms with Crippen LogP contribution in [0.3, 0.4) is 0 Å². The van der Waals surface area contributed by atoms with E-state index in [2.05, 4.69) is 10.6 Å².